The lowest BCUT2D eigenvalue weighted by atomic mass is 10.0. The van der Waals surface area contributed by atoms with E-state index >= 15 is 0 Å². The summed E-state index contributed by atoms with van der Waals surface area (Å²) in [5, 5.41) is 22.7. The maximum absolute atomic E-state index is 11.7. The second-order valence-electron chi connectivity index (χ2n) is 5.33. The SMILES string of the molecule is Nc1ccc(C(O)C(O)CNC(=O)OCc2ccccc2)c(Cl)c1Cl. The summed E-state index contributed by atoms with van der Waals surface area (Å²) in [5.74, 6) is 0. The third-order valence-electron chi connectivity index (χ3n) is 3.49. The second-order valence-corrected chi connectivity index (χ2v) is 6.08. The number of hydrogen-bond acceptors (Lipinski definition) is 5. The van der Waals surface area contributed by atoms with Crippen LogP contribution in [0.5, 0.6) is 0 Å². The highest BCUT2D eigenvalue weighted by molar-refractivity contribution is 6.44. The van der Waals surface area contributed by atoms with E-state index in [1.807, 2.05) is 30.3 Å². The molecule has 2 rings (SSSR count). The molecule has 2 aromatic rings. The normalized spacial score (nSPS) is 13.1. The van der Waals surface area contributed by atoms with Gasteiger partial charge in [0.1, 0.15) is 18.8 Å². The fraction of sp³-hybridized carbons (Fsp3) is 0.235. The molecule has 6 nitrogen and oxygen atoms in total. The fourth-order valence-corrected chi connectivity index (χ4v) is 2.54. The molecular weight excluding hydrogens is 367 g/mol. The number of aliphatic hydroxyl groups is 2. The summed E-state index contributed by atoms with van der Waals surface area (Å²) in [6, 6.07) is 12.1. The second kappa shape index (κ2) is 8.92. The van der Waals surface area contributed by atoms with E-state index in [1.54, 1.807) is 0 Å². The molecule has 2 aromatic carbocycles. The molecule has 8 heteroatoms. The quantitative estimate of drug-likeness (QED) is 0.573. The van der Waals surface area contributed by atoms with E-state index in [2.05, 4.69) is 5.32 Å². The van der Waals surface area contributed by atoms with E-state index < -0.39 is 18.3 Å². The number of rotatable bonds is 6. The van der Waals surface area contributed by atoms with Crippen LogP contribution in [0.4, 0.5) is 10.5 Å². The lowest BCUT2D eigenvalue weighted by molar-refractivity contribution is 0.0185. The molecule has 0 aromatic heterocycles. The number of nitrogen functional groups attached to an aromatic ring is 1. The van der Waals surface area contributed by atoms with Gasteiger partial charge in [0.15, 0.2) is 0 Å². The van der Waals surface area contributed by atoms with Crippen molar-refractivity contribution in [2.75, 3.05) is 12.3 Å². The summed E-state index contributed by atoms with van der Waals surface area (Å²) in [6.45, 7) is -0.127. The maximum Gasteiger partial charge on any atom is 0.407 e. The molecule has 5 N–H and O–H groups in total. The van der Waals surface area contributed by atoms with Crippen molar-refractivity contribution in [3.63, 3.8) is 0 Å². The molecule has 0 aliphatic heterocycles. The molecule has 0 bridgehead atoms. The van der Waals surface area contributed by atoms with Crippen LogP contribution in [0.15, 0.2) is 42.5 Å². The Hall–Kier alpha value is -1.99. The molecule has 2 atom stereocenters. The summed E-state index contributed by atoms with van der Waals surface area (Å²) in [4.78, 5) is 11.7. The molecular formula is C17H18Cl2N2O4. The largest absolute Gasteiger partial charge is 0.445 e. The van der Waals surface area contributed by atoms with E-state index in [1.165, 1.54) is 12.1 Å². The van der Waals surface area contributed by atoms with Crippen LogP contribution >= 0.6 is 23.2 Å². The Kier molecular flexibility index (Phi) is 6.90. The van der Waals surface area contributed by atoms with Crippen molar-refractivity contribution in [2.45, 2.75) is 18.8 Å². The van der Waals surface area contributed by atoms with E-state index in [0.29, 0.717) is 0 Å². The van der Waals surface area contributed by atoms with Crippen molar-refractivity contribution in [3.05, 3.63) is 63.6 Å². The van der Waals surface area contributed by atoms with Crippen molar-refractivity contribution in [3.8, 4) is 0 Å². The number of alkyl carbamates (subject to hydrolysis) is 1. The summed E-state index contributed by atoms with van der Waals surface area (Å²) < 4.78 is 5.02. The third-order valence-corrected chi connectivity index (χ3v) is 4.40. The Labute approximate surface area is 155 Å². The van der Waals surface area contributed by atoms with Crippen LogP contribution < -0.4 is 11.1 Å². The Balaban J connectivity index is 1.86. The van der Waals surface area contributed by atoms with Crippen LogP contribution in [-0.4, -0.2) is 29.0 Å². The van der Waals surface area contributed by atoms with Gasteiger partial charge in [-0.1, -0.05) is 59.6 Å². The maximum atomic E-state index is 11.7. The van der Waals surface area contributed by atoms with E-state index in [9.17, 15) is 15.0 Å². The molecule has 0 spiro atoms. The third kappa shape index (κ3) is 5.24. The monoisotopic (exact) mass is 384 g/mol. The number of halogens is 2. The molecule has 0 heterocycles. The number of benzene rings is 2. The zero-order valence-corrected chi connectivity index (χ0v) is 14.7. The van der Waals surface area contributed by atoms with Crippen LogP contribution in [0, 0.1) is 0 Å². The van der Waals surface area contributed by atoms with Gasteiger partial charge in [-0.2, -0.15) is 0 Å². The van der Waals surface area contributed by atoms with Gasteiger partial charge in [-0.3, -0.25) is 0 Å². The molecule has 134 valence electrons. The summed E-state index contributed by atoms with van der Waals surface area (Å²) in [6.07, 6.45) is -3.36. The number of anilines is 1. The van der Waals surface area contributed by atoms with Crippen LogP contribution in [0.3, 0.4) is 0 Å². The van der Waals surface area contributed by atoms with E-state index in [4.69, 9.17) is 33.7 Å². The number of carbonyl (C=O) groups is 1. The van der Waals surface area contributed by atoms with Gasteiger partial charge in [-0.15, -0.1) is 0 Å². The average molecular weight is 385 g/mol. The Bertz CT molecular complexity index is 728. The van der Waals surface area contributed by atoms with Crippen LogP contribution in [0.1, 0.15) is 17.2 Å². The molecule has 0 aliphatic rings. The van der Waals surface area contributed by atoms with Crippen LogP contribution in [0.25, 0.3) is 0 Å². The minimum absolute atomic E-state index is 0.0554. The molecule has 0 saturated carbocycles. The lowest BCUT2D eigenvalue weighted by Gasteiger charge is -2.20. The van der Waals surface area contributed by atoms with Gasteiger partial charge in [0.2, 0.25) is 0 Å². The van der Waals surface area contributed by atoms with Crippen molar-refractivity contribution < 1.29 is 19.7 Å². The van der Waals surface area contributed by atoms with Gasteiger partial charge in [0.05, 0.1) is 15.7 Å². The number of nitrogens with two attached hydrogens (primary N) is 1. The van der Waals surface area contributed by atoms with Crippen LogP contribution in [-0.2, 0) is 11.3 Å². The zero-order chi connectivity index (χ0) is 18.4. The summed E-state index contributed by atoms with van der Waals surface area (Å²) in [7, 11) is 0. The topological polar surface area (TPSA) is 105 Å². The van der Waals surface area contributed by atoms with Gasteiger partial charge in [-0.05, 0) is 11.6 Å². The molecule has 25 heavy (non-hydrogen) atoms. The summed E-state index contributed by atoms with van der Waals surface area (Å²) >= 11 is 11.9. The Morgan fingerprint density at radius 2 is 1.80 bits per heavy atom. The highest BCUT2D eigenvalue weighted by Crippen LogP contribution is 2.35. The first-order valence-corrected chi connectivity index (χ1v) is 8.19. The van der Waals surface area contributed by atoms with Crippen molar-refractivity contribution >= 4 is 35.0 Å². The highest BCUT2D eigenvalue weighted by Gasteiger charge is 2.23. The molecule has 2 unspecified atom stereocenters. The first-order chi connectivity index (χ1) is 11.9. The van der Waals surface area contributed by atoms with Gasteiger partial charge >= 0.3 is 6.09 Å². The Morgan fingerprint density at radius 1 is 1.12 bits per heavy atom. The number of nitrogens with one attached hydrogen (secondary N) is 1. The standard InChI is InChI=1S/C17H18Cl2N2O4/c18-14-11(6-7-12(20)15(14)19)16(23)13(22)8-21-17(24)25-9-10-4-2-1-3-5-10/h1-7,13,16,22-23H,8-9,20H2,(H,21,24). The van der Waals surface area contributed by atoms with E-state index in [0.717, 1.165) is 5.56 Å². The van der Waals surface area contributed by atoms with Gasteiger partial charge < -0.3 is 26.0 Å². The van der Waals surface area contributed by atoms with E-state index in [-0.39, 0.29) is 34.4 Å². The first kappa shape index (κ1) is 19.3. The minimum Gasteiger partial charge on any atom is -0.445 e. The number of carbonyl (C=O) groups excluding carboxylic acids is 1. The molecule has 0 fully saturated rings. The van der Waals surface area contributed by atoms with Crippen LogP contribution in [0.2, 0.25) is 10.0 Å². The van der Waals surface area contributed by atoms with Gasteiger partial charge in [0.25, 0.3) is 0 Å². The fourth-order valence-electron chi connectivity index (χ4n) is 2.09. The molecule has 0 radical (unpaired) electrons. The molecule has 0 aliphatic carbocycles. The Morgan fingerprint density at radius 3 is 2.48 bits per heavy atom. The summed E-state index contributed by atoms with van der Waals surface area (Å²) in [5.41, 5.74) is 6.93. The average Bonchev–Trinajstić information content (AvgIpc) is 2.63. The van der Waals surface area contributed by atoms with Crippen molar-refractivity contribution in [2.24, 2.45) is 0 Å². The first-order valence-electron chi connectivity index (χ1n) is 7.44. The number of amides is 1. The van der Waals surface area contributed by atoms with Crippen molar-refractivity contribution in [1.82, 2.24) is 5.32 Å². The number of ether oxygens (including phenoxy) is 1. The van der Waals surface area contributed by atoms with Crippen molar-refractivity contribution in [1.29, 1.82) is 0 Å². The molecule has 1 amide bonds. The minimum atomic E-state index is -1.35. The van der Waals surface area contributed by atoms with Gasteiger partial charge in [-0.25, -0.2) is 4.79 Å². The predicted octanol–water partition coefficient (Wildman–Crippen LogP) is 2.90. The van der Waals surface area contributed by atoms with Gasteiger partial charge in [0, 0.05) is 12.1 Å². The zero-order valence-electron chi connectivity index (χ0n) is 13.2. The lowest BCUT2D eigenvalue weighted by Crippen LogP contribution is -2.35. The predicted molar refractivity (Wildman–Crippen MR) is 96.5 cm³/mol. The number of aliphatic hydroxyl groups excluding tert-OH is 2. The molecule has 0 saturated heterocycles. The number of hydrogen-bond donors (Lipinski definition) is 4. The smallest absolute Gasteiger partial charge is 0.407 e. The highest BCUT2D eigenvalue weighted by atomic mass is 35.5.